The largest absolute Gasteiger partial charge is 0.443 e. The third-order valence-corrected chi connectivity index (χ3v) is 4.37. The molecule has 0 aromatic carbocycles. The monoisotopic (exact) mass is 250 g/mol. The van der Waals surface area contributed by atoms with E-state index in [9.17, 15) is 13.2 Å². The molecule has 0 aliphatic heterocycles. The van der Waals surface area contributed by atoms with Crippen LogP contribution in [0.4, 0.5) is 4.79 Å². The highest BCUT2D eigenvalue weighted by Gasteiger charge is 2.50. The van der Waals surface area contributed by atoms with Crippen molar-refractivity contribution in [1.29, 1.82) is 0 Å². The average molecular weight is 250 g/mol. The van der Waals surface area contributed by atoms with Crippen molar-refractivity contribution >= 4 is 16.1 Å². The third kappa shape index (κ3) is 3.34. The molecule has 0 unspecified atom stereocenters. The smallest absolute Gasteiger partial charge is 0.422 e. The highest BCUT2D eigenvalue weighted by molar-refractivity contribution is 7.91. The highest BCUT2D eigenvalue weighted by Crippen LogP contribution is 2.41. The minimum Gasteiger partial charge on any atom is -0.443 e. The Morgan fingerprint density at radius 2 is 1.81 bits per heavy atom. The Morgan fingerprint density at radius 3 is 2.19 bits per heavy atom. The fraction of sp³-hybridized carbons (Fsp3) is 0.889. The van der Waals surface area contributed by atoms with Gasteiger partial charge in [-0.05, 0) is 40.5 Å². The Balaban J connectivity index is 2.44. The van der Waals surface area contributed by atoms with Crippen molar-refractivity contribution < 1.29 is 17.9 Å². The van der Waals surface area contributed by atoms with Crippen molar-refractivity contribution in [1.82, 2.24) is 10.3 Å². The van der Waals surface area contributed by atoms with Crippen molar-refractivity contribution in [3.05, 3.63) is 0 Å². The van der Waals surface area contributed by atoms with Gasteiger partial charge in [0.25, 0.3) is 0 Å². The minimum atomic E-state index is -3.50. The SMILES string of the molecule is CC(C)(C)OC(=O)NNS(=O)(=O)C1(C)CC1. The second-order valence-electron chi connectivity index (χ2n) is 5.18. The van der Waals surface area contributed by atoms with E-state index in [1.165, 1.54) is 0 Å². The van der Waals surface area contributed by atoms with E-state index in [0.717, 1.165) is 0 Å². The molecule has 0 bridgehead atoms. The quantitative estimate of drug-likeness (QED) is 0.729. The Bertz CT molecular complexity index is 379. The first kappa shape index (κ1) is 13.2. The van der Waals surface area contributed by atoms with Crippen molar-refractivity contribution in [3.63, 3.8) is 0 Å². The lowest BCUT2D eigenvalue weighted by Crippen LogP contribution is -2.47. The molecule has 0 saturated heterocycles. The molecule has 6 nitrogen and oxygen atoms in total. The lowest BCUT2D eigenvalue weighted by molar-refractivity contribution is 0.0515. The third-order valence-electron chi connectivity index (χ3n) is 2.29. The maximum atomic E-state index is 11.6. The molecule has 0 aromatic heterocycles. The van der Waals surface area contributed by atoms with E-state index in [-0.39, 0.29) is 0 Å². The standard InChI is InChI=1S/C9H18N2O4S/c1-8(2,3)15-7(12)10-11-16(13,14)9(4)5-6-9/h11H,5-6H2,1-4H3,(H,10,12). The summed E-state index contributed by atoms with van der Waals surface area (Å²) in [6.45, 7) is 6.72. The van der Waals surface area contributed by atoms with E-state index in [1.807, 2.05) is 10.3 Å². The molecule has 1 aliphatic rings. The summed E-state index contributed by atoms with van der Waals surface area (Å²) in [5.74, 6) is 0. The average Bonchev–Trinajstić information content (AvgIpc) is 2.79. The molecule has 1 saturated carbocycles. The zero-order valence-corrected chi connectivity index (χ0v) is 10.8. The number of ether oxygens (including phenoxy) is 1. The van der Waals surface area contributed by atoms with Crippen molar-refractivity contribution in [2.75, 3.05) is 0 Å². The molecule has 1 amide bonds. The van der Waals surface area contributed by atoms with E-state index in [2.05, 4.69) is 0 Å². The summed E-state index contributed by atoms with van der Waals surface area (Å²) in [4.78, 5) is 13.2. The van der Waals surface area contributed by atoms with Gasteiger partial charge in [0.15, 0.2) is 0 Å². The predicted octanol–water partition coefficient (Wildman–Crippen LogP) is 0.898. The van der Waals surface area contributed by atoms with Crippen LogP contribution in [0.5, 0.6) is 0 Å². The fourth-order valence-electron chi connectivity index (χ4n) is 0.980. The van der Waals surface area contributed by atoms with Crippen LogP contribution in [-0.4, -0.2) is 24.9 Å². The molecule has 0 aromatic rings. The van der Waals surface area contributed by atoms with Gasteiger partial charge in [-0.1, -0.05) is 0 Å². The maximum absolute atomic E-state index is 11.6. The number of hydrazine groups is 1. The molecule has 1 rings (SSSR count). The van der Waals surface area contributed by atoms with Gasteiger partial charge < -0.3 is 4.74 Å². The normalized spacial score (nSPS) is 19.0. The van der Waals surface area contributed by atoms with Crippen molar-refractivity contribution in [2.24, 2.45) is 0 Å². The molecule has 16 heavy (non-hydrogen) atoms. The molecule has 7 heteroatoms. The van der Waals surface area contributed by atoms with Crippen LogP contribution in [0.3, 0.4) is 0 Å². The summed E-state index contributed by atoms with van der Waals surface area (Å²) in [6, 6.07) is 0. The molecule has 94 valence electrons. The van der Waals surface area contributed by atoms with E-state index < -0.39 is 26.5 Å². The van der Waals surface area contributed by atoms with Gasteiger partial charge in [-0.2, -0.15) is 0 Å². The second-order valence-corrected chi connectivity index (χ2v) is 7.38. The minimum absolute atomic E-state index is 0.609. The number of rotatable bonds is 3. The molecular formula is C9H18N2O4S. The molecule has 0 atom stereocenters. The van der Waals surface area contributed by atoms with Gasteiger partial charge in [0, 0.05) is 0 Å². The Morgan fingerprint density at radius 1 is 1.31 bits per heavy atom. The van der Waals surface area contributed by atoms with Gasteiger partial charge in [-0.25, -0.2) is 18.6 Å². The van der Waals surface area contributed by atoms with E-state index in [1.54, 1.807) is 27.7 Å². The summed E-state index contributed by atoms with van der Waals surface area (Å²) in [5.41, 5.74) is 1.37. The zero-order chi connectivity index (χ0) is 12.6. The first-order chi connectivity index (χ1) is 7.06. The van der Waals surface area contributed by atoms with Gasteiger partial charge in [0.05, 0.1) is 4.75 Å². The molecule has 0 heterocycles. The number of hydrogen-bond donors (Lipinski definition) is 2. The predicted molar refractivity (Wildman–Crippen MR) is 59.1 cm³/mol. The fourth-order valence-corrected chi connectivity index (χ4v) is 2.08. The van der Waals surface area contributed by atoms with Crippen LogP contribution in [-0.2, 0) is 14.8 Å². The highest BCUT2D eigenvalue weighted by atomic mass is 32.2. The lowest BCUT2D eigenvalue weighted by atomic mass is 10.2. The number of sulfonamides is 1. The maximum Gasteiger partial charge on any atom is 0.422 e. The Hall–Kier alpha value is -0.820. The summed E-state index contributed by atoms with van der Waals surface area (Å²) < 4.78 is 27.3. The number of carbonyl (C=O) groups is 1. The molecular weight excluding hydrogens is 232 g/mol. The summed E-state index contributed by atoms with van der Waals surface area (Å²) >= 11 is 0. The summed E-state index contributed by atoms with van der Waals surface area (Å²) in [6.07, 6.45) is 0.414. The molecule has 0 spiro atoms. The van der Waals surface area contributed by atoms with Crippen LogP contribution in [0.1, 0.15) is 40.5 Å². The van der Waals surface area contributed by atoms with Crippen molar-refractivity contribution in [2.45, 2.75) is 50.9 Å². The number of nitrogens with one attached hydrogen (secondary N) is 2. The van der Waals surface area contributed by atoms with Gasteiger partial charge >= 0.3 is 6.09 Å². The van der Waals surface area contributed by atoms with Crippen LogP contribution in [0, 0.1) is 0 Å². The number of carbonyl (C=O) groups excluding carboxylic acids is 1. The second kappa shape index (κ2) is 3.89. The number of amides is 1. The molecule has 2 N–H and O–H groups in total. The van der Waals surface area contributed by atoms with Crippen LogP contribution in [0.2, 0.25) is 0 Å². The van der Waals surface area contributed by atoms with Gasteiger partial charge in [-0.3, -0.25) is 0 Å². The number of hydrogen-bond acceptors (Lipinski definition) is 4. The van der Waals surface area contributed by atoms with Gasteiger partial charge in [0.2, 0.25) is 10.0 Å². The summed E-state index contributed by atoms with van der Waals surface area (Å²) in [5, 5.41) is 0. The lowest BCUT2D eigenvalue weighted by Gasteiger charge is -2.20. The van der Waals surface area contributed by atoms with E-state index in [4.69, 9.17) is 4.74 Å². The van der Waals surface area contributed by atoms with E-state index >= 15 is 0 Å². The summed E-state index contributed by atoms with van der Waals surface area (Å²) in [7, 11) is -3.50. The van der Waals surface area contributed by atoms with Crippen LogP contribution < -0.4 is 10.3 Å². The molecule has 1 fully saturated rings. The van der Waals surface area contributed by atoms with Crippen LogP contribution in [0.25, 0.3) is 0 Å². The molecule has 0 radical (unpaired) electrons. The van der Waals surface area contributed by atoms with Crippen molar-refractivity contribution in [3.8, 4) is 0 Å². The molecule has 1 aliphatic carbocycles. The van der Waals surface area contributed by atoms with Gasteiger partial charge in [-0.15, -0.1) is 4.83 Å². The topological polar surface area (TPSA) is 84.5 Å². The van der Waals surface area contributed by atoms with Crippen LogP contribution in [0.15, 0.2) is 0 Å². The Labute approximate surface area is 95.8 Å². The van der Waals surface area contributed by atoms with E-state index in [0.29, 0.717) is 12.8 Å². The Kier molecular flexibility index (Phi) is 3.22. The first-order valence-corrected chi connectivity index (χ1v) is 6.54. The van der Waals surface area contributed by atoms with Gasteiger partial charge in [0.1, 0.15) is 5.60 Å². The van der Waals surface area contributed by atoms with Crippen LogP contribution >= 0.6 is 0 Å². The first-order valence-electron chi connectivity index (χ1n) is 5.06. The zero-order valence-electron chi connectivity index (χ0n) is 9.96.